The van der Waals surface area contributed by atoms with Crippen LogP contribution in [0.15, 0.2) is 53.7 Å². The molecule has 8 heteroatoms. The lowest BCUT2D eigenvalue weighted by Crippen LogP contribution is -2.45. The summed E-state index contributed by atoms with van der Waals surface area (Å²) in [6, 6.07) is 11.4. The molecule has 0 spiro atoms. The first-order valence-electron chi connectivity index (χ1n) is 9.49. The number of rotatable bonds is 7. The van der Waals surface area contributed by atoms with Crippen molar-refractivity contribution in [2.45, 2.75) is 32.4 Å². The van der Waals surface area contributed by atoms with Crippen LogP contribution < -0.4 is 15.4 Å². The summed E-state index contributed by atoms with van der Waals surface area (Å²) in [5, 5.41) is 6.59. The van der Waals surface area contributed by atoms with E-state index < -0.39 is 12.0 Å². The van der Waals surface area contributed by atoms with E-state index in [0.29, 0.717) is 39.0 Å². The number of methoxy groups -OCH3 is 1. The zero-order chi connectivity index (χ0) is 21.7. The normalized spacial score (nSPS) is 16.0. The second-order valence-corrected chi connectivity index (χ2v) is 7.54. The second-order valence-electron chi connectivity index (χ2n) is 6.72. The Kier molecular flexibility index (Phi) is 7.24. The van der Waals surface area contributed by atoms with Crippen LogP contribution in [0.25, 0.3) is 0 Å². The lowest BCUT2D eigenvalue weighted by Gasteiger charge is -2.29. The third-order valence-corrected chi connectivity index (χ3v) is 5.43. The van der Waals surface area contributed by atoms with Crippen LogP contribution >= 0.6 is 23.2 Å². The van der Waals surface area contributed by atoms with Crippen LogP contribution in [-0.2, 0) is 16.1 Å². The minimum Gasteiger partial charge on any atom is -0.489 e. The van der Waals surface area contributed by atoms with Crippen molar-refractivity contribution >= 4 is 35.2 Å². The number of esters is 1. The van der Waals surface area contributed by atoms with Crippen molar-refractivity contribution < 1.29 is 19.1 Å². The van der Waals surface area contributed by atoms with Gasteiger partial charge in [0, 0.05) is 21.3 Å². The maximum absolute atomic E-state index is 12.4. The molecule has 158 valence electrons. The van der Waals surface area contributed by atoms with E-state index in [2.05, 4.69) is 10.6 Å². The Hall–Kier alpha value is -2.70. The minimum absolute atomic E-state index is 0.218. The number of amides is 2. The molecule has 1 aliphatic rings. The average molecular weight is 449 g/mol. The summed E-state index contributed by atoms with van der Waals surface area (Å²) >= 11 is 12.4. The van der Waals surface area contributed by atoms with Crippen LogP contribution in [0.4, 0.5) is 4.79 Å². The lowest BCUT2D eigenvalue weighted by atomic mass is 9.94. The van der Waals surface area contributed by atoms with Gasteiger partial charge in [-0.05, 0) is 36.2 Å². The third kappa shape index (κ3) is 4.89. The molecule has 2 aromatic carbocycles. The van der Waals surface area contributed by atoms with Crippen molar-refractivity contribution in [3.05, 3.63) is 74.9 Å². The number of ether oxygens (including phenoxy) is 2. The molecule has 0 fully saturated rings. The summed E-state index contributed by atoms with van der Waals surface area (Å²) in [4.78, 5) is 24.5. The van der Waals surface area contributed by atoms with E-state index >= 15 is 0 Å². The fraction of sp³-hybridized carbons (Fsp3) is 0.273. The van der Waals surface area contributed by atoms with Gasteiger partial charge in [-0.3, -0.25) is 0 Å². The molecule has 2 aromatic rings. The fourth-order valence-corrected chi connectivity index (χ4v) is 3.75. The van der Waals surface area contributed by atoms with Crippen molar-refractivity contribution in [1.29, 1.82) is 0 Å². The van der Waals surface area contributed by atoms with Crippen LogP contribution in [0.1, 0.15) is 36.9 Å². The summed E-state index contributed by atoms with van der Waals surface area (Å²) < 4.78 is 10.7. The molecule has 2 N–H and O–H groups in total. The summed E-state index contributed by atoms with van der Waals surface area (Å²) in [7, 11) is 1.32. The van der Waals surface area contributed by atoms with E-state index in [-0.39, 0.29) is 12.6 Å². The van der Waals surface area contributed by atoms with E-state index in [4.69, 9.17) is 32.7 Å². The first kappa shape index (κ1) is 22.0. The maximum Gasteiger partial charge on any atom is 0.337 e. The molecule has 1 aliphatic heterocycles. The highest BCUT2D eigenvalue weighted by molar-refractivity contribution is 6.35. The third-order valence-electron chi connectivity index (χ3n) is 4.72. The maximum atomic E-state index is 12.4. The zero-order valence-electron chi connectivity index (χ0n) is 16.6. The standard InChI is InChI=1S/C22H22Cl2N2O4/c1-3-5-18-19(21(27)29-2)20(26-22(28)25-18)13-8-10-14(11-9-13)30-12-15-16(23)6-4-7-17(15)24/h4,6-11,20H,3,5,12H2,1-2H3,(H2,25,26,28). The first-order chi connectivity index (χ1) is 14.4. The Bertz CT molecular complexity index is 953. The highest BCUT2D eigenvalue weighted by Crippen LogP contribution is 2.31. The highest BCUT2D eigenvalue weighted by atomic mass is 35.5. The number of urea groups is 1. The van der Waals surface area contributed by atoms with E-state index in [1.54, 1.807) is 42.5 Å². The van der Waals surface area contributed by atoms with E-state index in [0.717, 1.165) is 12.0 Å². The monoisotopic (exact) mass is 448 g/mol. The van der Waals surface area contributed by atoms with Gasteiger partial charge in [-0.2, -0.15) is 0 Å². The molecule has 1 heterocycles. The van der Waals surface area contributed by atoms with Gasteiger partial charge < -0.3 is 20.1 Å². The number of hydrogen-bond acceptors (Lipinski definition) is 4. The number of nitrogens with one attached hydrogen (secondary N) is 2. The topological polar surface area (TPSA) is 76.7 Å². The van der Waals surface area contributed by atoms with Gasteiger partial charge in [-0.15, -0.1) is 0 Å². The van der Waals surface area contributed by atoms with Crippen molar-refractivity contribution in [1.82, 2.24) is 10.6 Å². The predicted molar refractivity (Wildman–Crippen MR) is 116 cm³/mol. The number of halogens is 2. The van der Waals surface area contributed by atoms with Gasteiger partial charge in [0.1, 0.15) is 12.4 Å². The molecule has 0 aromatic heterocycles. The van der Waals surface area contributed by atoms with Gasteiger partial charge in [-0.25, -0.2) is 9.59 Å². The minimum atomic E-state index is -0.611. The molecular weight excluding hydrogens is 427 g/mol. The molecule has 1 atom stereocenters. The summed E-state index contributed by atoms with van der Waals surface area (Å²) in [6.07, 6.45) is 1.34. The second kappa shape index (κ2) is 9.87. The molecule has 6 nitrogen and oxygen atoms in total. The first-order valence-corrected chi connectivity index (χ1v) is 10.2. The van der Waals surface area contributed by atoms with E-state index in [1.807, 2.05) is 6.92 Å². The van der Waals surface area contributed by atoms with Crippen LogP contribution in [0.3, 0.4) is 0 Å². The largest absolute Gasteiger partial charge is 0.489 e. The van der Waals surface area contributed by atoms with Crippen LogP contribution in [0.2, 0.25) is 10.0 Å². The number of allylic oxidation sites excluding steroid dienone is 1. The summed E-state index contributed by atoms with van der Waals surface area (Å²) in [6.45, 7) is 2.19. The molecule has 1 unspecified atom stereocenters. The van der Waals surface area contributed by atoms with Crippen molar-refractivity contribution in [3.8, 4) is 5.75 Å². The SMILES string of the molecule is CCCC1=C(C(=O)OC)C(c2ccc(OCc3c(Cl)cccc3Cl)cc2)NC(=O)N1. The Morgan fingerprint density at radius 1 is 1.10 bits per heavy atom. The Morgan fingerprint density at radius 3 is 2.37 bits per heavy atom. The van der Waals surface area contributed by atoms with E-state index in [1.165, 1.54) is 7.11 Å². The van der Waals surface area contributed by atoms with Crippen LogP contribution in [-0.4, -0.2) is 19.1 Å². The predicted octanol–water partition coefficient (Wildman–Crippen LogP) is 5.15. The smallest absolute Gasteiger partial charge is 0.337 e. The molecule has 0 bridgehead atoms. The van der Waals surface area contributed by atoms with Gasteiger partial charge >= 0.3 is 12.0 Å². The number of hydrogen-bond donors (Lipinski definition) is 2. The average Bonchev–Trinajstić information content (AvgIpc) is 2.73. The number of carbonyl (C=O) groups is 2. The van der Waals surface area contributed by atoms with Gasteiger partial charge in [-0.1, -0.05) is 54.7 Å². The van der Waals surface area contributed by atoms with Gasteiger partial charge in [0.2, 0.25) is 0 Å². The number of carbonyl (C=O) groups excluding carboxylic acids is 2. The molecule has 0 aliphatic carbocycles. The van der Waals surface area contributed by atoms with Crippen molar-refractivity contribution in [2.75, 3.05) is 7.11 Å². The zero-order valence-corrected chi connectivity index (χ0v) is 18.1. The lowest BCUT2D eigenvalue weighted by molar-refractivity contribution is -0.136. The molecule has 3 rings (SSSR count). The fourth-order valence-electron chi connectivity index (χ4n) is 3.25. The molecule has 2 amide bonds. The van der Waals surface area contributed by atoms with Gasteiger partial charge in [0.05, 0.1) is 18.7 Å². The molecule has 0 saturated carbocycles. The van der Waals surface area contributed by atoms with Gasteiger partial charge in [0.25, 0.3) is 0 Å². The van der Waals surface area contributed by atoms with Crippen molar-refractivity contribution in [3.63, 3.8) is 0 Å². The summed E-state index contributed by atoms with van der Waals surface area (Å²) in [5.41, 5.74) is 2.42. The van der Waals surface area contributed by atoms with Crippen LogP contribution in [0.5, 0.6) is 5.75 Å². The van der Waals surface area contributed by atoms with E-state index in [9.17, 15) is 9.59 Å². The number of benzene rings is 2. The highest BCUT2D eigenvalue weighted by Gasteiger charge is 2.33. The molecule has 30 heavy (non-hydrogen) atoms. The molecular formula is C22H22Cl2N2O4. The van der Waals surface area contributed by atoms with Crippen LogP contribution in [0, 0.1) is 0 Å². The molecule has 0 saturated heterocycles. The molecule has 0 radical (unpaired) electrons. The Balaban J connectivity index is 1.82. The van der Waals surface area contributed by atoms with Gasteiger partial charge in [0.15, 0.2) is 0 Å². The van der Waals surface area contributed by atoms with Crippen molar-refractivity contribution in [2.24, 2.45) is 0 Å². The Labute approximate surface area is 185 Å². The summed E-state index contributed by atoms with van der Waals surface area (Å²) in [5.74, 6) is 0.122. The quantitative estimate of drug-likeness (QED) is 0.573. The Morgan fingerprint density at radius 2 is 1.77 bits per heavy atom.